The van der Waals surface area contributed by atoms with Crippen LogP contribution in [0.3, 0.4) is 0 Å². The molecule has 1 aromatic carbocycles. The van der Waals surface area contributed by atoms with E-state index in [1.807, 2.05) is 31.2 Å². The maximum absolute atomic E-state index is 13.2. The number of nitrogens with two attached hydrogens (primary N) is 2. The zero-order valence-corrected chi connectivity index (χ0v) is 19.6. The highest BCUT2D eigenvalue weighted by molar-refractivity contribution is 8.03. The Morgan fingerprint density at radius 2 is 2.28 bits per heavy atom. The Kier molecular flexibility index (Phi) is 7.41. The summed E-state index contributed by atoms with van der Waals surface area (Å²) < 4.78 is 0. The zero-order valence-electron chi connectivity index (χ0n) is 18.8. The van der Waals surface area contributed by atoms with Gasteiger partial charge in [0.05, 0.1) is 17.6 Å². The Labute approximate surface area is 194 Å². The minimum atomic E-state index is -0.717. The summed E-state index contributed by atoms with van der Waals surface area (Å²) in [5.74, 6) is 0.920. The largest absolute Gasteiger partial charge is 0.404 e. The number of hydrogen-bond acceptors (Lipinski definition) is 7. The zero-order chi connectivity index (χ0) is 23.3. The molecular formula is C24H30N6OS. The summed E-state index contributed by atoms with van der Waals surface area (Å²) in [6.07, 6.45) is 7.70. The first-order valence-electron chi connectivity index (χ1n) is 10.6. The molecule has 4 N–H and O–H groups in total. The molecule has 1 amide bonds. The van der Waals surface area contributed by atoms with E-state index in [1.54, 1.807) is 38.3 Å². The fourth-order valence-electron chi connectivity index (χ4n) is 4.28. The number of nitriles is 1. The summed E-state index contributed by atoms with van der Waals surface area (Å²) in [5.41, 5.74) is 13.8. The lowest BCUT2D eigenvalue weighted by atomic mass is 9.78. The van der Waals surface area contributed by atoms with E-state index in [-0.39, 0.29) is 23.7 Å². The Balaban J connectivity index is 1.88. The van der Waals surface area contributed by atoms with Gasteiger partial charge in [0.25, 0.3) is 0 Å². The summed E-state index contributed by atoms with van der Waals surface area (Å²) in [6, 6.07) is 9.89. The molecule has 32 heavy (non-hydrogen) atoms. The highest BCUT2D eigenvalue weighted by atomic mass is 32.2. The van der Waals surface area contributed by atoms with Gasteiger partial charge in [-0.25, -0.2) is 4.99 Å². The summed E-state index contributed by atoms with van der Waals surface area (Å²) in [4.78, 5) is 24.6. The summed E-state index contributed by atoms with van der Waals surface area (Å²) >= 11 is 1.72. The van der Waals surface area contributed by atoms with Crippen molar-refractivity contribution in [2.75, 3.05) is 19.8 Å². The van der Waals surface area contributed by atoms with Crippen molar-refractivity contribution in [1.82, 2.24) is 4.90 Å². The number of allylic oxidation sites excluding steroid dienone is 2. The molecule has 0 saturated heterocycles. The van der Waals surface area contributed by atoms with Crippen LogP contribution in [-0.2, 0) is 4.79 Å². The molecule has 0 saturated carbocycles. The van der Waals surface area contributed by atoms with Crippen LogP contribution in [0, 0.1) is 17.2 Å². The van der Waals surface area contributed by atoms with E-state index < -0.39 is 5.54 Å². The average molecular weight is 451 g/mol. The highest BCUT2D eigenvalue weighted by Crippen LogP contribution is 2.48. The van der Waals surface area contributed by atoms with Crippen molar-refractivity contribution in [2.45, 2.75) is 37.6 Å². The molecule has 7 nitrogen and oxygen atoms in total. The van der Waals surface area contributed by atoms with Crippen molar-refractivity contribution in [3.63, 3.8) is 0 Å². The van der Waals surface area contributed by atoms with Crippen LogP contribution in [-0.4, -0.2) is 48.4 Å². The maximum Gasteiger partial charge on any atom is 0.234 e. The van der Waals surface area contributed by atoms with Gasteiger partial charge in [-0.05, 0) is 55.7 Å². The third-order valence-corrected chi connectivity index (χ3v) is 7.56. The van der Waals surface area contributed by atoms with Crippen LogP contribution in [0.1, 0.15) is 43.2 Å². The SMILES string of the molecule is CN=CC(=CN)CCCC1C(=O)N(C)C(N)=N[C@]1(C)C1=CC(c2cccc(C#N)c2)CS1. The van der Waals surface area contributed by atoms with Gasteiger partial charge in [0, 0.05) is 36.9 Å². The Bertz CT molecular complexity index is 1040. The van der Waals surface area contributed by atoms with Gasteiger partial charge in [-0.1, -0.05) is 18.2 Å². The Morgan fingerprint density at radius 1 is 1.50 bits per heavy atom. The first-order chi connectivity index (χ1) is 15.3. The molecule has 2 aliphatic heterocycles. The third kappa shape index (κ3) is 4.73. The van der Waals surface area contributed by atoms with Crippen molar-refractivity contribution < 1.29 is 4.79 Å². The summed E-state index contributed by atoms with van der Waals surface area (Å²) in [6.45, 7) is 2.01. The number of nitrogens with zero attached hydrogens (tertiary/aromatic N) is 4. The molecule has 0 bridgehead atoms. The minimum Gasteiger partial charge on any atom is -0.404 e. The molecule has 3 atom stereocenters. The monoisotopic (exact) mass is 450 g/mol. The fraction of sp³-hybridized carbons (Fsp3) is 0.417. The maximum atomic E-state index is 13.2. The lowest BCUT2D eigenvalue weighted by Gasteiger charge is -2.41. The first-order valence-corrected chi connectivity index (χ1v) is 11.6. The second-order valence-corrected chi connectivity index (χ2v) is 9.34. The van der Waals surface area contributed by atoms with Crippen LogP contribution in [0.5, 0.6) is 0 Å². The molecule has 2 aliphatic rings. The van der Waals surface area contributed by atoms with E-state index in [0.717, 1.165) is 34.6 Å². The number of guanidine groups is 1. The van der Waals surface area contributed by atoms with Gasteiger partial charge < -0.3 is 11.5 Å². The average Bonchev–Trinajstić information content (AvgIpc) is 3.30. The molecule has 0 radical (unpaired) electrons. The number of thioether (sulfide) groups is 1. The smallest absolute Gasteiger partial charge is 0.234 e. The number of aliphatic imine (C=N–C) groups is 2. The minimum absolute atomic E-state index is 0.0149. The number of carbonyl (C=O) groups is 1. The van der Waals surface area contributed by atoms with Gasteiger partial charge in [-0.2, -0.15) is 5.26 Å². The van der Waals surface area contributed by atoms with Crippen molar-refractivity contribution in [3.05, 3.63) is 58.1 Å². The summed E-state index contributed by atoms with van der Waals surface area (Å²) in [5, 5.41) is 9.23. The lowest BCUT2D eigenvalue weighted by molar-refractivity contribution is -0.133. The molecule has 2 unspecified atom stereocenters. The number of hydrogen-bond donors (Lipinski definition) is 2. The van der Waals surface area contributed by atoms with Gasteiger partial charge >= 0.3 is 0 Å². The van der Waals surface area contributed by atoms with Gasteiger partial charge in [-0.3, -0.25) is 14.7 Å². The molecule has 168 valence electrons. The molecular weight excluding hydrogens is 420 g/mol. The Morgan fingerprint density at radius 3 is 2.97 bits per heavy atom. The molecule has 2 heterocycles. The van der Waals surface area contributed by atoms with Crippen LogP contribution in [0.15, 0.2) is 57.0 Å². The quantitative estimate of drug-likeness (QED) is 0.618. The van der Waals surface area contributed by atoms with E-state index in [1.165, 1.54) is 4.90 Å². The molecule has 0 aromatic heterocycles. The molecule has 0 fully saturated rings. The van der Waals surface area contributed by atoms with Crippen molar-refractivity contribution >= 4 is 29.8 Å². The van der Waals surface area contributed by atoms with E-state index in [0.29, 0.717) is 12.0 Å². The molecule has 3 rings (SSSR count). The first kappa shape index (κ1) is 23.6. The van der Waals surface area contributed by atoms with Crippen molar-refractivity contribution in [3.8, 4) is 6.07 Å². The normalized spacial score (nSPS) is 26.2. The molecule has 0 spiro atoms. The van der Waals surface area contributed by atoms with Crippen LogP contribution >= 0.6 is 11.8 Å². The van der Waals surface area contributed by atoms with E-state index in [4.69, 9.17) is 16.5 Å². The number of rotatable bonds is 7. The molecule has 0 aliphatic carbocycles. The van der Waals surface area contributed by atoms with Crippen LogP contribution in [0.2, 0.25) is 0 Å². The second kappa shape index (κ2) is 10.0. The predicted molar refractivity (Wildman–Crippen MR) is 131 cm³/mol. The second-order valence-electron chi connectivity index (χ2n) is 8.27. The number of amides is 1. The van der Waals surface area contributed by atoms with E-state index in [9.17, 15) is 10.1 Å². The van der Waals surface area contributed by atoms with Crippen LogP contribution in [0.25, 0.3) is 0 Å². The van der Waals surface area contributed by atoms with Gasteiger partial charge in [0.2, 0.25) is 5.91 Å². The van der Waals surface area contributed by atoms with Crippen molar-refractivity contribution in [2.24, 2.45) is 27.4 Å². The standard InChI is InChI=1S/C24H30N6OS/c1-24(21-11-19(15-32-21)18-8-4-6-16(10-18)12-25)20(22(31)30(3)23(27)29-24)9-5-7-17(13-26)14-28-2/h4,6,8,10-11,13-14,19-20H,5,7,9,15,26H2,1-3H3,(H2,27,29)/t19?,20?,24-/m0/s1. The molecule has 8 heteroatoms. The lowest BCUT2D eigenvalue weighted by Crippen LogP contribution is -2.55. The van der Waals surface area contributed by atoms with E-state index >= 15 is 0 Å². The number of benzene rings is 1. The van der Waals surface area contributed by atoms with Gasteiger partial charge in [0.15, 0.2) is 5.96 Å². The third-order valence-electron chi connectivity index (χ3n) is 6.18. The highest BCUT2D eigenvalue weighted by Gasteiger charge is 2.48. The van der Waals surface area contributed by atoms with Crippen LogP contribution in [0.4, 0.5) is 0 Å². The van der Waals surface area contributed by atoms with Crippen molar-refractivity contribution in [1.29, 1.82) is 5.26 Å². The summed E-state index contributed by atoms with van der Waals surface area (Å²) in [7, 11) is 3.39. The van der Waals surface area contributed by atoms with Gasteiger partial charge in [-0.15, -0.1) is 11.8 Å². The topological polar surface area (TPSA) is 121 Å². The van der Waals surface area contributed by atoms with Crippen LogP contribution < -0.4 is 11.5 Å². The number of carbonyl (C=O) groups excluding carboxylic acids is 1. The van der Waals surface area contributed by atoms with Gasteiger partial charge in [0.1, 0.15) is 5.54 Å². The predicted octanol–water partition coefficient (Wildman–Crippen LogP) is 3.15. The molecule has 1 aromatic rings. The fourth-order valence-corrected chi connectivity index (χ4v) is 5.67. The van der Waals surface area contributed by atoms with E-state index in [2.05, 4.69) is 17.1 Å². The Hall–Kier alpha value is -3.05.